The summed E-state index contributed by atoms with van der Waals surface area (Å²) in [4.78, 5) is 0. The second-order valence-corrected chi connectivity index (χ2v) is 3.43. The van der Waals surface area contributed by atoms with Crippen molar-refractivity contribution in [3.05, 3.63) is 59.7 Å². The van der Waals surface area contributed by atoms with E-state index in [0.29, 0.717) is 6.42 Å². The molecule has 0 bridgehead atoms. The van der Waals surface area contributed by atoms with Gasteiger partial charge in [0.05, 0.1) is 0 Å². The smallest absolute Gasteiger partial charge is 0.119 e. The molecule has 0 amide bonds. The molecule has 3 heteroatoms. The van der Waals surface area contributed by atoms with Gasteiger partial charge in [-0.1, -0.05) is 36.4 Å². The normalized spacial score (nSPS) is 9.50. The van der Waals surface area contributed by atoms with E-state index in [1.54, 1.807) is 24.3 Å². The number of phenolic OH excluding ortho intramolecular Hbond substituents is 2. The van der Waals surface area contributed by atoms with Crippen LogP contribution in [-0.4, -0.2) is 10.2 Å². The van der Waals surface area contributed by atoms with Crippen molar-refractivity contribution < 1.29 is 10.2 Å². The third-order valence-corrected chi connectivity index (χ3v) is 2.36. The highest BCUT2D eigenvalue weighted by atomic mass is 16.3. The van der Waals surface area contributed by atoms with Gasteiger partial charge in [-0.25, -0.2) is 0 Å². The molecule has 84 valence electrons. The minimum absolute atomic E-state index is 0. The summed E-state index contributed by atoms with van der Waals surface area (Å²) in [6.45, 7) is 0. The molecule has 2 aromatic rings. The van der Waals surface area contributed by atoms with E-state index in [0.717, 1.165) is 11.1 Å². The van der Waals surface area contributed by atoms with E-state index < -0.39 is 0 Å². The molecule has 0 aliphatic heterocycles. The van der Waals surface area contributed by atoms with Crippen LogP contribution in [0, 0.1) is 0 Å². The molecule has 0 fully saturated rings. The average molecular weight is 217 g/mol. The lowest BCUT2D eigenvalue weighted by molar-refractivity contribution is 0.463. The van der Waals surface area contributed by atoms with E-state index in [1.807, 2.05) is 24.3 Å². The average Bonchev–Trinajstić information content (AvgIpc) is 2.24. The first kappa shape index (κ1) is 12.1. The van der Waals surface area contributed by atoms with Crippen LogP contribution in [0.1, 0.15) is 11.1 Å². The molecule has 5 N–H and O–H groups in total. The molecule has 0 heterocycles. The predicted molar refractivity (Wildman–Crippen MR) is 64.0 cm³/mol. The summed E-state index contributed by atoms with van der Waals surface area (Å²) in [5, 5.41) is 19.2. The third kappa shape index (κ3) is 2.52. The third-order valence-electron chi connectivity index (χ3n) is 2.36. The van der Waals surface area contributed by atoms with Crippen molar-refractivity contribution >= 4 is 0 Å². The molecular weight excluding hydrogens is 202 g/mol. The molecule has 2 aromatic carbocycles. The second kappa shape index (κ2) is 5.19. The first-order valence-electron chi connectivity index (χ1n) is 4.81. The Morgan fingerprint density at radius 3 is 1.44 bits per heavy atom. The summed E-state index contributed by atoms with van der Waals surface area (Å²) in [6.07, 6.45) is 0.541. The quantitative estimate of drug-likeness (QED) is 0.724. The highest BCUT2D eigenvalue weighted by Gasteiger charge is 2.04. The number of phenols is 2. The van der Waals surface area contributed by atoms with Gasteiger partial charge in [0.15, 0.2) is 0 Å². The van der Waals surface area contributed by atoms with E-state index >= 15 is 0 Å². The van der Waals surface area contributed by atoms with Crippen LogP contribution in [0.5, 0.6) is 11.5 Å². The van der Waals surface area contributed by atoms with Gasteiger partial charge in [0, 0.05) is 6.42 Å². The molecule has 16 heavy (non-hydrogen) atoms. The number of hydrogen-bond acceptors (Lipinski definition) is 3. The number of para-hydroxylation sites is 2. The van der Waals surface area contributed by atoms with Crippen LogP contribution < -0.4 is 6.15 Å². The van der Waals surface area contributed by atoms with Gasteiger partial charge in [0.25, 0.3) is 0 Å². The summed E-state index contributed by atoms with van der Waals surface area (Å²) < 4.78 is 0. The summed E-state index contributed by atoms with van der Waals surface area (Å²) in [5.41, 5.74) is 1.64. The van der Waals surface area contributed by atoms with Gasteiger partial charge in [-0.3, -0.25) is 0 Å². The van der Waals surface area contributed by atoms with Gasteiger partial charge in [-0.05, 0) is 23.3 Å². The number of hydrogen-bond donors (Lipinski definition) is 3. The Labute approximate surface area is 94.6 Å². The minimum atomic E-state index is 0. The lowest BCUT2D eigenvalue weighted by Crippen LogP contribution is -1.88. The van der Waals surface area contributed by atoms with Crippen molar-refractivity contribution in [2.45, 2.75) is 6.42 Å². The van der Waals surface area contributed by atoms with Gasteiger partial charge < -0.3 is 16.4 Å². The second-order valence-electron chi connectivity index (χ2n) is 3.43. The molecule has 3 nitrogen and oxygen atoms in total. The molecule has 0 saturated carbocycles. The number of aromatic hydroxyl groups is 2. The van der Waals surface area contributed by atoms with Crippen LogP contribution in [0.3, 0.4) is 0 Å². The van der Waals surface area contributed by atoms with Gasteiger partial charge in [0.1, 0.15) is 11.5 Å². The predicted octanol–water partition coefficient (Wildman–Crippen LogP) is 2.85. The largest absolute Gasteiger partial charge is 0.508 e. The standard InChI is InChI=1S/C13H12O2.H3N/c14-12-7-3-1-5-10(12)9-11-6-2-4-8-13(11)15;/h1-8,14-15H,9H2;1H3. The molecule has 0 aliphatic rings. The Morgan fingerprint density at radius 2 is 1.06 bits per heavy atom. The van der Waals surface area contributed by atoms with E-state index in [1.165, 1.54) is 0 Å². The zero-order valence-electron chi connectivity index (χ0n) is 8.93. The number of benzene rings is 2. The van der Waals surface area contributed by atoms with Crippen LogP contribution in [0.2, 0.25) is 0 Å². The first-order chi connectivity index (χ1) is 7.27. The minimum Gasteiger partial charge on any atom is -0.508 e. The zero-order chi connectivity index (χ0) is 10.7. The van der Waals surface area contributed by atoms with Gasteiger partial charge in [-0.15, -0.1) is 0 Å². The Bertz CT molecular complexity index is 425. The molecule has 0 spiro atoms. The number of rotatable bonds is 2. The van der Waals surface area contributed by atoms with Crippen molar-refractivity contribution in [3.8, 4) is 11.5 Å². The van der Waals surface area contributed by atoms with Crippen LogP contribution in [0.25, 0.3) is 0 Å². The fourth-order valence-electron chi connectivity index (χ4n) is 1.53. The molecule has 2 rings (SSSR count). The van der Waals surface area contributed by atoms with Gasteiger partial charge >= 0.3 is 0 Å². The highest BCUT2D eigenvalue weighted by Crippen LogP contribution is 2.24. The highest BCUT2D eigenvalue weighted by molar-refractivity contribution is 5.41. The Hall–Kier alpha value is -2.00. The van der Waals surface area contributed by atoms with E-state index in [9.17, 15) is 10.2 Å². The van der Waals surface area contributed by atoms with Crippen LogP contribution in [-0.2, 0) is 6.42 Å². The van der Waals surface area contributed by atoms with Crippen molar-refractivity contribution in [1.29, 1.82) is 0 Å². The van der Waals surface area contributed by atoms with Gasteiger partial charge in [0.2, 0.25) is 0 Å². The molecule has 0 aromatic heterocycles. The van der Waals surface area contributed by atoms with Crippen molar-refractivity contribution in [2.24, 2.45) is 0 Å². The molecular formula is C13H15NO2. The fraction of sp³-hybridized carbons (Fsp3) is 0.0769. The Morgan fingerprint density at radius 1 is 0.688 bits per heavy atom. The monoisotopic (exact) mass is 217 g/mol. The lowest BCUT2D eigenvalue weighted by Gasteiger charge is -2.05. The van der Waals surface area contributed by atoms with Crippen molar-refractivity contribution in [1.82, 2.24) is 6.15 Å². The first-order valence-corrected chi connectivity index (χ1v) is 4.81. The van der Waals surface area contributed by atoms with Crippen LogP contribution in [0.15, 0.2) is 48.5 Å². The molecule has 0 aliphatic carbocycles. The maximum Gasteiger partial charge on any atom is 0.119 e. The zero-order valence-corrected chi connectivity index (χ0v) is 8.93. The van der Waals surface area contributed by atoms with E-state index in [2.05, 4.69) is 0 Å². The topological polar surface area (TPSA) is 75.5 Å². The van der Waals surface area contributed by atoms with Gasteiger partial charge in [-0.2, -0.15) is 0 Å². The Kier molecular flexibility index (Phi) is 3.91. The summed E-state index contributed by atoms with van der Waals surface area (Å²) in [7, 11) is 0. The Balaban J connectivity index is 0.00000128. The van der Waals surface area contributed by atoms with Crippen molar-refractivity contribution in [3.63, 3.8) is 0 Å². The summed E-state index contributed by atoms with van der Waals surface area (Å²) >= 11 is 0. The molecule has 0 unspecified atom stereocenters. The van der Waals surface area contributed by atoms with E-state index in [-0.39, 0.29) is 17.6 Å². The molecule has 0 atom stereocenters. The van der Waals surface area contributed by atoms with Crippen LogP contribution in [0.4, 0.5) is 0 Å². The summed E-state index contributed by atoms with van der Waals surface area (Å²) in [6, 6.07) is 14.3. The van der Waals surface area contributed by atoms with Crippen LogP contribution >= 0.6 is 0 Å². The van der Waals surface area contributed by atoms with Crippen molar-refractivity contribution in [2.75, 3.05) is 0 Å². The fourth-order valence-corrected chi connectivity index (χ4v) is 1.53. The molecule has 0 saturated heterocycles. The SMILES string of the molecule is N.Oc1ccccc1Cc1ccccc1O. The van der Waals surface area contributed by atoms with E-state index in [4.69, 9.17) is 0 Å². The lowest BCUT2D eigenvalue weighted by atomic mass is 10.0. The molecule has 0 radical (unpaired) electrons. The summed E-state index contributed by atoms with van der Waals surface area (Å²) in [5.74, 6) is 0.529. The maximum absolute atomic E-state index is 9.58. The maximum atomic E-state index is 9.58.